The number of fused-ring (bicyclic) bond motifs is 1. The molecule has 1 heterocycles. The van der Waals surface area contributed by atoms with Crippen molar-refractivity contribution < 1.29 is 8.78 Å². The molecule has 0 spiro atoms. The van der Waals surface area contributed by atoms with Gasteiger partial charge >= 0.3 is 0 Å². The Kier molecular flexibility index (Phi) is 3.33. The summed E-state index contributed by atoms with van der Waals surface area (Å²) in [5.41, 5.74) is 2.43. The molecule has 92 valence electrons. The Balaban J connectivity index is 2.67. The quantitative estimate of drug-likeness (QED) is 0.764. The van der Waals surface area contributed by atoms with Crippen LogP contribution in [0.15, 0.2) is 18.2 Å². The van der Waals surface area contributed by atoms with Gasteiger partial charge < -0.3 is 4.57 Å². The topological polar surface area (TPSA) is 17.8 Å². The van der Waals surface area contributed by atoms with Gasteiger partial charge in [-0.3, -0.25) is 0 Å². The maximum Gasteiger partial charge on any atom is 0.256 e. The second kappa shape index (κ2) is 4.61. The van der Waals surface area contributed by atoms with E-state index in [0.717, 1.165) is 11.1 Å². The van der Waals surface area contributed by atoms with Crippen LogP contribution < -0.4 is 0 Å². The maximum atomic E-state index is 12.6. The van der Waals surface area contributed by atoms with Gasteiger partial charge in [0.05, 0.1) is 23.0 Å². The molecule has 0 aliphatic heterocycles. The fourth-order valence-electron chi connectivity index (χ4n) is 1.94. The Morgan fingerprint density at radius 3 is 2.71 bits per heavy atom. The van der Waals surface area contributed by atoms with Crippen LogP contribution in [0.2, 0.25) is 0 Å². The van der Waals surface area contributed by atoms with Crippen LogP contribution in [-0.2, 0) is 6.54 Å². The monoisotopic (exact) mass is 258 g/mol. The molecular formula is C12H13ClF2N2. The first-order valence-electron chi connectivity index (χ1n) is 5.38. The van der Waals surface area contributed by atoms with E-state index in [4.69, 9.17) is 11.6 Å². The minimum absolute atomic E-state index is 0.369. The normalized spacial score (nSPS) is 13.5. The number of para-hydroxylation sites is 1. The number of halogens is 3. The van der Waals surface area contributed by atoms with E-state index >= 15 is 0 Å². The summed E-state index contributed by atoms with van der Waals surface area (Å²) in [7, 11) is 0. The minimum Gasteiger partial charge on any atom is -0.321 e. The molecule has 2 aromatic rings. The van der Waals surface area contributed by atoms with Crippen LogP contribution in [-0.4, -0.2) is 16.0 Å². The number of nitrogens with zero attached hydrogens (tertiary/aromatic N) is 2. The Morgan fingerprint density at radius 2 is 2.12 bits per heavy atom. The van der Waals surface area contributed by atoms with Gasteiger partial charge in [-0.05, 0) is 25.5 Å². The third kappa shape index (κ3) is 2.27. The van der Waals surface area contributed by atoms with Crippen molar-refractivity contribution in [2.45, 2.75) is 32.2 Å². The van der Waals surface area contributed by atoms with Crippen molar-refractivity contribution in [2.24, 2.45) is 0 Å². The molecular weight excluding hydrogens is 246 g/mol. The number of hydrogen-bond donors (Lipinski definition) is 0. The van der Waals surface area contributed by atoms with Gasteiger partial charge in [-0.25, -0.2) is 13.8 Å². The van der Waals surface area contributed by atoms with Gasteiger partial charge in [-0.15, -0.1) is 11.6 Å². The zero-order chi connectivity index (χ0) is 12.6. The van der Waals surface area contributed by atoms with Gasteiger partial charge in [0.2, 0.25) is 0 Å². The molecule has 0 fully saturated rings. The number of rotatable bonds is 3. The highest BCUT2D eigenvalue weighted by Crippen LogP contribution is 2.26. The molecule has 0 bridgehead atoms. The standard InChI is InChI=1S/C12H13ClF2N2/c1-7-4-3-5-9-11(7)16-12(8(2)13)17(9)6-10(14)15/h3-5,8,10H,6H2,1-2H3. The summed E-state index contributed by atoms with van der Waals surface area (Å²) < 4.78 is 26.7. The maximum absolute atomic E-state index is 12.6. The lowest BCUT2D eigenvalue weighted by molar-refractivity contribution is 0.127. The molecule has 1 atom stereocenters. The predicted molar refractivity (Wildman–Crippen MR) is 64.7 cm³/mol. The van der Waals surface area contributed by atoms with Crippen molar-refractivity contribution in [3.8, 4) is 0 Å². The third-order valence-electron chi connectivity index (χ3n) is 2.69. The zero-order valence-corrected chi connectivity index (χ0v) is 10.4. The van der Waals surface area contributed by atoms with E-state index in [2.05, 4.69) is 4.98 Å². The van der Waals surface area contributed by atoms with Crippen molar-refractivity contribution in [1.29, 1.82) is 0 Å². The Labute approximate surface area is 103 Å². The summed E-state index contributed by atoms with van der Waals surface area (Å²) in [6.07, 6.45) is -2.41. The molecule has 5 heteroatoms. The van der Waals surface area contributed by atoms with Gasteiger partial charge in [0.15, 0.2) is 0 Å². The van der Waals surface area contributed by atoms with Crippen molar-refractivity contribution in [2.75, 3.05) is 0 Å². The molecule has 0 radical (unpaired) electrons. The molecule has 1 aromatic heterocycles. The smallest absolute Gasteiger partial charge is 0.256 e. The molecule has 0 saturated heterocycles. The fourth-order valence-corrected chi connectivity index (χ4v) is 2.11. The van der Waals surface area contributed by atoms with Crippen LogP contribution in [0.3, 0.4) is 0 Å². The van der Waals surface area contributed by atoms with Crippen LogP contribution in [0, 0.1) is 6.92 Å². The molecule has 1 unspecified atom stereocenters. The summed E-state index contributed by atoms with van der Waals surface area (Å²) >= 11 is 5.99. The second-order valence-electron chi connectivity index (χ2n) is 4.03. The van der Waals surface area contributed by atoms with Crippen molar-refractivity contribution in [3.05, 3.63) is 29.6 Å². The average Bonchev–Trinajstić information content (AvgIpc) is 2.58. The molecule has 17 heavy (non-hydrogen) atoms. The van der Waals surface area contributed by atoms with E-state index in [-0.39, 0.29) is 11.9 Å². The van der Waals surface area contributed by atoms with Crippen molar-refractivity contribution in [3.63, 3.8) is 0 Å². The lowest BCUT2D eigenvalue weighted by atomic mass is 10.2. The summed E-state index contributed by atoms with van der Waals surface area (Å²) in [6, 6.07) is 5.54. The van der Waals surface area contributed by atoms with Gasteiger partial charge in [0.1, 0.15) is 5.82 Å². The highest BCUT2D eigenvalue weighted by molar-refractivity contribution is 6.20. The average molecular weight is 259 g/mol. The number of alkyl halides is 3. The largest absolute Gasteiger partial charge is 0.321 e. The molecule has 0 aliphatic rings. The summed E-state index contributed by atoms with van der Waals surface area (Å²) in [5, 5.41) is -0.388. The lowest BCUT2D eigenvalue weighted by Gasteiger charge is -2.09. The first kappa shape index (κ1) is 12.3. The summed E-state index contributed by atoms with van der Waals surface area (Å²) in [4.78, 5) is 4.36. The van der Waals surface area contributed by atoms with Crippen LogP contribution >= 0.6 is 11.6 Å². The lowest BCUT2D eigenvalue weighted by Crippen LogP contribution is -2.10. The van der Waals surface area contributed by atoms with Gasteiger partial charge in [0.25, 0.3) is 6.43 Å². The van der Waals surface area contributed by atoms with Crippen LogP contribution in [0.5, 0.6) is 0 Å². The Hall–Kier alpha value is -1.16. The number of aromatic nitrogens is 2. The van der Waals surface area contributed by atoms with E-state index < -0.39 is 6.43 Å². The highest BCUT2D eigenvalue weighted by atomic mass is 35.5. The third-order valence-corrected chi connectivity index (χ3v) is 2.88. The molecule has 0 aliphatic carbocycles. The Bertz CT molecular complexity index is 535. The molecule has 0 amide bonds. The highest BCUT2D eigenvalue weighted by Gasteiger charge is 2.18. The first-order valence-corrected chi connectivity index (χ1v) is 5.82. The van der Waals surface area contributed by atoms with Gasteiger partial charge in [0, 0.05) is 0 Å². The molecule has 0 N–H and O–H groups in total. The SMILES string of the molecule is Cc1cccc2c1nc(C(C)Cl)n2CC(F)F. The van der Waals surface area contributed by atoms with Crippen molar-refractivity contribution >= 4 is 22.6 Å². The summed E-state index contributed by atoms with van der Waals surface area (Å²) in [5.74, 6) is 0.497. The number of imidazole rings is 1. The van der Waals surface area contributed by atoms with Crippen LogP contribution in [0.4, 0.5) is 8.78 Å². The molecule has 2 rings (SSSR count). The van der Waals surface area contributed by atoms with E-state index in [0.29, 0.717) is 11.3 Å². The van der Waals surface area contributed by atoms with Gasteiger partial charge in [-0.2, -0.15) is 0 Å². The number of benzene rings is 1. The molecule has 2 nitrogen and oxygen atoms in total. The van der Waals surface area contributed by atoms with E-state index in [9.17, 15) is 8.78 Å². The summed E-state index contributed by atoms with van der Waals surface area (Å²) in [6.45, 7) is 3.27. The van der Waals surface area contributed by atoms with Crippen LogP contribution in [0.1, 0.15) is 23.7 Å². The van der Waals surface area contributed by atoms with Gasteiger partial charge in [-0.1, -0.05) is 12.1 Å². The van der Waals surface area contributed by atoms with E-state index in [1.165, 1.54) is 4.57 Å². The zero-order valence-electron chi connectivity index (χ0n) is 9.62. The predicted octanol–water partition coefficient (Wildman–Crippen LogP) is 3.91. The van der Waals surface area contributed by atoms with E-state index in [1.807, 2.05) is 19.1 Å². The second-order valence-corrected chi connectivity index (χ2v) is 4.68. The number of aryl methyl sites for hydroxylation is 1. The van der Waals surface area contributed by atoms with Crippen molar-refractivity contribution in [1.82, 2.24) is 9.55 Å². The molecule has 0 saturated carbocycles. The van der Waals surface area contributed by atoms with E-state index in [1.54, 1.807) is 13.0 Å². The Morgan fingerprint density at radius 1 is 1.41 bits per heavy atom. The number of hydrogen-bond acceptors (Lipinski definition) is 1. The minimum atomic E-state index is -2.41. The fraction of sp³-hybridized carbons (Fsp3) is 0.417. The molecule has 1 aromatic carbocycles. The van der Waals surface area contributed by atoms with Crippen LogP contribution in [0.25, 0.3) is 11.0 Å². The first-order chi connectivity index (χ1) is 8.00.